The number of ether oxygens (including phenoxy) is 6. The lowest BCUT2D eigenvalue weighted by atomic mass is 10.1. The Morgan fingerprint density at radius 3 is 1.16 bits per heavy atom. The van der Waals surface area contributed by atoms with Gasteiger partial charge < -0.3 is 59.9 Å². The number of hydrogen-bond donors (Lipinski definition) is 6. The molecule has 0 radical (unpaired) electrons. The fourth-order valence-corrected chi connectivity index (χ4v) is 6.92. The Hall–Kier alpha value is -7.66. The van der Waals surface area contributed by atoms with Crippen LogP contribution in [0.1, 0.15) is 38.5 Å². The molecule has 21 nitrogen and oxygen atoms in total. The molecular formula is C49H47Cl3N4O17S. The molecule has 74 heavy (non-hydrogen) atoms. The maximum absolute atomic E-state index is 12.2. The van der Waals surface area contributed by atoms with Crippen LogP contribution < -0.4 is 39.5 Å². The van der Waals surface area contributed by atoms with Crippen molar-refractivity contribution >= 4 is 110 Å². The van der Waals surface area contributed by atoms with Gasteiger partial charge in [0.2, 0.25) is 20.4 Å². The fourth-order valence-electron chi connectivity index (χ4n) is 6.65. The SMILES string of the molecule is COc1cc2nccc(Oc3ccc(N)cc3)c2cc1OC.COc1cc2nccc(Oc3ccc(NC(=O)C4(C(=O)O)CC4)cc3)c2cc1OC.O=C(O)C1(C(=O)Cl)CC1.O=C(O)C1(C(=O)O)CC1.O=S(Cl)Cl. The van der Waals surface area contributed by atoms with Crippen molar-refractivity contribution in [2.75, 3.05) is 39.5 Å². The second kappa shape index (κ2) is 24.8. The predicted molar refractivity (Wildman–Crippen MR) is 272 cm³/mol. The van der Waals surface area contributed by atoms with Gasteiger partial charge in [-0.15, -0.1) is 0 Å². The maximum Gasteiger partial charge on any atom is 0.321 e. The van der Waals surface area contributed by atoms with Gasteiger partial charge in [0, 0.05) is 68.0 Å². The van der Waals surface area contributed by atoms with Crippen LogP contribution in [-0.2, 0) is 38.0 Å². The van der Waals surface area contributed by atoms with E-state index in [0.29, 0.717) is 88.6 Å². The van der Waals surface area contributed by atoms with Crippen molar-refractivity contribution in [3.8, 4) is 46.0 Å². The molecule has 3 aliphatic rings. The van der Waals surface area contributed by atoms with Gasteiger partial charge in [-0.05, 0) is 123 Å². The number of anilines is 2. The van der Waals surface area contributed by atoms with Crippen molar-refractivity contribution in [3.63, 3.8) is 0 Å². The summed E-state index contributed by atoms with van der Waals surface area (Å²) in [6, 6.07) is 24.8. The van der Waals surface area contributed by atoms with E-state index in [1.807, 2.05) is 30.3 Å². The number of halogens is 3. The first-order chi connectivity index (χ1) is 35.1. The number of aliphatic carboxylic acids is 4. The van der Waals surface area contributed by atoms with E-state index < -0.39 is 60.5 Å². The van der Waals surface area contributed by atoms with Crippen LogP contribution >= 0.6 is 33.0 Å². The van der Waals surface area contributed by atoms with Gasteiger partial charge in [-0.3, -0.25) is 38.7 Å². The lowest BCUT2D eigenvalue weighted by Crippen LogP contribution is -2.31. The zero-order valence-electron chi connectivity index (χ0n) is 39.6. The molecule has 1 amide bonds. The normalized spacial score (nSPS) is 14.4. The van der Waals surface area contributed by atoms with Gasteiger partial charge in [-0.1, -0.05) is 0 Å². The molecule has 3 fully saturated rings. The highest BCUT2D eigenvalue weighted by Crippen LogP contribution is 2.48. The van der Waals surface area contributed by atoms with Crippen LogP contribution in [0.25, 0.3) is 21.8 Å². The number of rotatable bonds is 15. The van der Waals surface area contributed by atoms with Crippen LogP contribution in [0.15, 0.2) is 97.3 Å². The third kappa shape index (κ3) is 14.1. The quantitative estimate of drug-likeness (QED) is 0.0317. The van der Waals surface area contributed by atoms with Crippen LogP contribution in [-0.4, -0.2) is 98.1 Å². The third-order valence-corrected chi connectivity index (χ3v) is 11.9. The number of nitrogens with one attached hydrogen (secondary N) is 1. The van der Waals surface area contributed by atoms with Crippen molar-refractivity contribution in [1.82, 2.24) is 9.97 Å². The summed E-state index contributed by atoms with van der Waals surface area (Å²) in [7, 11) is 13.7. The predicted octanol–water partition coefficient (Wildman–Crippen LogP) is 9.07. The molecule has 2 heterocycles. The number of benzene rings is 4. The zero-order chi connectivity index (χ0) is 54.5. The molecule has 0 saturated heterocycles. The van der Waals surface area contributed by atoms with Crippen molar-refractivity contribution < 1.29 is 81.8 Å². The first-order valence-electron chi connectivity index (χ1n) is 21.6. The highest BCUT2D eigenvalue weighted by Gasteiger charge is 2.58. The molecule has 3 saturated carbocycles. The minimum Gasteiger partial charge on any atom is -0.493 e. The van der Waals surface area contributed by atoms with E-state index in [-0.39, 0.29) is 12.8 Å². The number of carboxylic acid groups (broad SMARTS) is 4. The number of carbonyl (C=O) groups excluding carboxylic acids is 2. The third-order valence-electron chi connectivity index (χ3n) is 11.6. The largest absolute Gasteiger partial charge is 0.493 e. The molecule has 0 aliphatic heterocycles. The summed E-state index contributed by atoms with van der Waals surface area (Å²) in [6.45, 7) is 0. The number of hydrogen-bond acceptors (Lipinski definition) is 16. The Balaban J connectivity index is 0.000000199. The van der Waals surface area contributed by atoms with Crippen molar-refractivity contribution in [2.24, 2.45) is 16.2 Å². The summed E-state index contributed by atoms with van der Waals surface area (Å²) < 4.78 is 42.3. The van der Waals surface area contributed by atoms with Crippen molar-refractivity contribution in [1.29, 1.82) is 0 Å². The summed E-state index contributed by atoms with van der Waals surface area (Å²) >= 11 is 5.01. The van der Waals surface area contributed by atoms with Crippen LogP contribution in [0.3, 0.4) is 0 Å². The second-order valence-electron chi connectivity index (χ2n) is 16.2. The molecule has 0 atom stereocenters. The van der Waals surface area contributed by atoms with E-state index in [4.69, 9.17) is 65.3 Å². The highest BCUT2D eigenvalue weighted by atomic mass is 36.0. The Morgan fingerprint density at radius 2 is 0.878 bits per heavy atom. The molecule has 7 N–H and O–H groups in total. The number of amides is 1. The number of nitrogens with two attached hydrogens (primary N) is 1. The van der Waals surface area contributed by atoms with Crippen LogP contribution in [0.4, 0.5) is 11.4 Å². The highest BCUT2D eigenvalue weighted by molar-refractivity contribution is 8.26. The van der Waals surface area contributed by atoms with Gasteiger partial charge in [0.1, 0.15) is 33.8 Å². The summed E-state index contributed by atoms with van der Waals surface area (Å²) in [5.41, 5.74) is 4.43. The number of aromatic nitrogens is 2. The van der Waals surface area contributed by atoms with Crippen molar-refractivity contribution in [3.05, 3.63) is 97.3 Å². The number of nitrogen functional groups attached to an aromatic ring is 1. The second-order valence-corrected chi connectivity index (χ2v) is 19.1. The number of pyridine rings is 2. The Kier molecular flexibility index (Phi) is 19.2. The molecule has 4 aromatic carbocycles. The molecule has 392 valence electrons. The Labute approximate surface area is 437 Å². The minimum atomic E-state index is -1.67. The van der Waals surface area contributed by atoms with E-state index >= 15 is 0 Å². The molecule has 0 bridgehead atoms. The molecule has 25 heteroatoms. The molecule has 0 unspecified atom stereocenters. The molecule has 0 spiro atoms. The van der Waals surface area contributed by atoms with Gasteiger partial charge in [0.25, 0.3) is 0 Å². The average molecular weight is 1100 g/mol. The van der Waals surface area contributed by atoms with Gasteiger partial charge in [0.05, 0.1) is 39.5 Å². The summed E-state index contributed by atoms with van der Waals surface area (Å²) in [5.74, 6) is -0.175. The average Bonchev–Trinajstić information content (AvgIpc) is 4.23. The fraction of sp³-hybridized carbons (Fsp3) is 0.265. The van der Waals surface area contributed by atoms with Gasteiger partial charge in [0.15, 0.2) is 28.4 Å². The monoisotopic (exact) mass is 1100 g/mol. The number of nitrogens with zero attached hydrogens (tertiary/aromatic N) is 2. The summed E-state index contributed by atoms with van der Waals surface area (Å²) in [4.78, 5) is 73.0. The Bertz CT molecular complexity index is 3000. The minimum absolute atomic E-state index is 0.275. The lowest BCUT2D eigenvalue weighted by Gasteiger charge is -2.13. The first-order valence-corrected chi connectivity index (χ1v) is 24.8. The van der Waals surface area contributed by atoms with E-state index in [2.05, 4.69) is 36.6 Å². The van der Waals surface area contributed by atoms with Gasteiger partial charge in [-0.2, -0.15) is 0 Å². The Morgan fingerprint density at radius 1 is 0.541 bits per heavy atom. The van der Waals surface area contributed by atoms with Gasteiger partial charge in [-0.25, -0.2) is 4.21 Å². The first kappa shape index (κ1) is 57.2. The summed E-state index contributed by atoms with van der Waals surface area (Å²) in [5, 5.41) is 37.7. The van der Waals surface area contributed by atoms with E-state index in [1.54, 1.807) is 95.4 Å². The number of methoxy groups -OCH3 is 4. The number of carbonyl (C=O) groups is 6. The molecule has 2 aromatic heterocycles. The van der Waals surface area contributed by atoms with E-state index in [0.717, 1.165) is 16.3 Å². The number of carboxylic acids is 4. The van der Waals surface area contributed by atoms with E-state index in [9.17, 15) is 33.9 Å². The van der Waals surface area contributed by atoms with Crippen molar-refractivity contribution in [2.45, 2.75) is 38.5 Å². The molecule has 6 aromatic rings. The topological polar surface area (TPSA) is 320 Å². The van der Waals surface area contributed by atoms with Crippen LogP contribution in [0, 0.1) is 16.2 Å². The van der Waals surface area contributed by atoms with E-state index in [1.165, 1.54) is 0 Å². The lowest BCUT2D eigenvalue weighted by molar-refractivity contribution is -0.157. The molecular weight excluding hydrogens is 1050 g/mol. The maximum atomic E-state index is 12.2. The van der Waals surface area contributed by atoms with Gasteiger partial charge >= 0.3 is 23.9 Å². The van der Waals surface area contributed by atoms with Crippen LogP contribution in [0.5, 0.6) is 46.0 Å². The zero-order valence-corrected chi connectivity index (χ0v) is 42.7. The number of fused-ring (bicyclic) bond motifs is 2. The summed E-state index contributed by atoms with van der Waals surface area (Å²) in [6.07, 6.45) is 5.39. The van der Waals surface area contributed by atoms with Crippen LogP contribution in [0.2, 0.25) is 0 Å². The molecule has 9 rings (SSSR count). The molecule has 3 aliphatic carbocycles. The standard InChI is InChI=1S/C22H20N2O6.C17H16N2O3.C5H5ClO3.C5H6O4.Cl2OS/c1-28-18-11-15-16(12-19(18)29-2)23-10-7-17(15)30-14-5-3-13(4-6-14)24-20(25)22(8-9-22)21(26)27;1-20-16-9-13-14(10-17(16)21-2)19-8-7-15(13)22-12-5-3-11(18)4-6-12;2*6-3(7)5(1-2-5)4(8)9;1-4(2)3/h3-7,10-12H,8-9H2,1-2H3,(H,24,25)(H,26,27);3-10H,18H2,1-2H3;1-2H2,(H,8,9);1-2H2,(H,6,7)(H,8,9);. The smallest absolute Gasteiger partial charge is 0.321 e.